The van der Waals surface area contributed by atoms with Gasteiger partial charge < -0.3 is 14.3 Å². The zero-order chi connectivity index (χ0) is 20.1. The molecule has 28 heavy (non-hydrogen) atoms. The minimum atomic E-state index is 0.212. The lowest BCUT2D eigenvalue weighted by molar-refractivity contribution is -0.133. The fraction of sp³-hybridized carbons (Fsp3) is 0.565. The number of anilines is 1. The molecule has 1 amide bonds. The van der Waals surface area contributed by atoms with Crippen molar-refractivity contribution in [2.75, 3.05) is 24.5 Å². The normalized spacial score (nSPS) is 13.8. The zero-order valence-corrected chi connectivity index (χ0v) is 17.6. The van der Waals surface area contributed by atoms with E-state index in [2.05, 4.69) is 49.9 Å². The predicted octanol–water partition coefficient (Wildman–Crippen LogP) is 4.97. The first-order chi connectivity index (χ1) is 13.5. The Labute approximate surface area is 168 Å². The predicted molar refractivity (Wildman–Crippen MR) is 113 cm³/mol. The molecule has 0 spiro atoms. The maximum absolute atomic E-state index is 13.0. The quantitative estimate of drug-likeness (QED) is 0.581. The van der Waals surface area contributed by atoms with Crippen molar-refractivity contribution in [3.05, 3.63) is 35.9 Å². The number of benzene rings is 1. The molecule has 0 bridgehead atoms. The standard InChI is InChI=1S/C23H33N3O2/c1-5-25(6-2)23-20(21(24-28-23)18-10-8-7-9-11-18)16-26(15-14-17(3)4)22(27)19-12-13-19/h7-11,17,19H,5-6,12-16H2,1-4H3. The summed E-state index contributed by atoms with van der Waals surface area (Å²) in [4.78, 5) is 17.2. The highest BCUT2D eigenvalue weighted by molar-refractivity contribution is 5.81. The van der Waals surface area contributed by atoms with Gasteiger partial charge in [0.15, 0.2) is 0 Å². The van der Waals surface area contributed by atoms with Gasteiger partial charge in [-0.05, 0) is 39.0 Å². The molecule has 1 aliphatic carbocycles. The van der Waals surface area contributed by atoms with Crippen LogP contribution in [0.1, 0.15) is 52.5 Å². The van der Waals surface area contributed by atoms with E-state index in [1.54, 1.807) is 0 Å². The molecule has 1 aromatic carbocycles. The first-order valence-corrected chi connectivity index (χ1v) is 10.6. The van der Waals surface area contributed by atoms with Crippen molar-refractivity contribution in [1.82, 2.24) is 10.1 Å². The van der Waals surface area contributed by atoms with Crippen LogP contribution in [0.3, 0.4) is 0 Å². The monoisotopic (exact) mass is 383 g/mol. The molecule has 2 aromatic rings. The minimum absolute atomic E-state index is 0.212. The highest BCUT2D eigenvalue weighted by atomic mass is 16.5. The summed E-state index contributed by atoms with van der Waals surface area (Å²) < 4.78 is 5.81. The number of carbonyl (C=O) groups is 1. The zero-order valence-electron chi connectivity index (χ0n) is 17.6. The largest absolute Gasteiger partial charge is 0.341 e. The van der Waals surface area contributed by atoms with Crippen LogP contribution in [-0.2, 0) is 11.3 Å². The van der Waals surface area contributed by atoms with Crippen LogP contribution < -0.4 is 4.90 Å². The molecule has 5 nitrogen and oxygen atoms in total. The molecule has 0 unspecified atom stereocenters. The van der Waals surface area contributed by atoms with Crippen molar-refractivity contribution in [3.63, 3.8) is 0 Å². The molecule has 0 N–H and O–H groups in total. The second-order valence-corrected chi connectivity index (χ2v) is 8.07. The van der Waals surface area contributed by atoms with E-state index in [1.165, 1.54) is 0 Å². The molecule has 1 fully saturated rings. The van der Waals surface area contributed by atoms with Gasteiger partial charge in [-0.15, -0.1) is 0 Å². The highest BCUT2D eigenvalue weighted by Crippen LogP contribution is 2.35. The Morgan fingerprint density at radius 1 is 1.18 bits per heavy atom. The Balaban J connectivity index is 1.96. The van der Waals surface area contributed by atoms with Gasteiger partial charge in [0.2, 0.25) is 11.8 Å². The Kier molecular flexibility index (Phi) is 6.76. The van der Waals surface area contributed by atoms with Crippen LogP contribution >= 0.6 is 0 Å². The molecule has 5 heteroatoms. The second-order valence-electron chi connectivity index (χ2n) is 8.07. The maximum atomic E-state index is 13.0. The molecule has 1 heterocycles. The summed E-state index contributed by atoms with van der Waals surface area (Å²) in [5, 5.41) is 4.42. The summed E-state index contributed by atoms with van der Waals surface area (Å²) in [6.07, 6.45) is 3.05. The smallest absolute Gasteiger partial charge is 0.232 e. The number of rotatable bonds is 10. The third kappa shape index (κ3) is 4.75. The summed E-state index contributed by atoms with van der Waals surface area (Å²) >= 11 is 0. The third-order valence-electron chi connectivity index (χ3n) is 5.43. The maximum Gasteiger partial charge on any atom is 0.232 e. The van der Waals surface area contributed by atoms with Gasteiger partial charge >= 0.3 is 0 Å². The molecule has 1 aromatic heterocycles. The van der Waals surface area contributed by atoms with Gasteiger partial charge in [-0.1, -0.05) is 49.3 Å². The van der Waals surface area contributed by atoms with Crippen LogP contribution in [0.5, 0.6) is 0 Å². The van der Waals surface area contributed by atoms with E-state index >= 15 is 0 Å². The van der Waals surface area contributed by atoms with Crippen molar-refractivity contribution in [1.29, 1.82) is 0 Å². The van der Waals surface area contributed by atoms with E-state index in [1.807, 2.05) is 23.1 Å². The van der Waals surface area contributed by atoms with Gasteiger partial charge in [-0.3, -0.25) is 4.79 Å². The molecule has 0 saturated heterocycles. The lowest BCUT2D eigenvalue weighted by Crippen LogP contribution is -2.34. The molecular formula is C23H33N3O2. The average molecular weight is 384 g/mol. The molecular weight excluding hydrogens is 350 g/mol. The lowest BCUT2D eigenvalue weighted by atomic mass is 10.1. The van der Waals surface area contributed by atoms with E-state index < -0.39 is 0 Å². The number of hydrogen-bond donors (Lipinski definition) is 0. The van der Waals surface area contributed by atoms with Crippen molar-refractivity contribution in [2.24, 2.45) is 11.8 Å². The second kappa shape index (κ2) is 9.26. The van der Waals surface area contributed by atoms with Crippen molar-refractivity contribution >= 4 is 11.8 Å². The third-order valence-corrected chi connectivity index (χ3v) is 5.43. The van der Waals surface area contributed by atoms with Crippen molar-refractivity contribution in [2.45, 2.75) is 53.5 Å². The Morgan fingerprint density at radius 2 is 1.86 bits per heavy atom. The van der Waals surface area contributed by atoms with Gasteiger partial charge in [0, 0.05) is 31.1 Å². The lowest BCUT2D eigenvalue weighted by Gasteiger charge is -2.26. The topological polar surface area (TPSA) is 49.6 Å². The number of aromatic nitrogens is 1. The van der Waals surface area contributed by atoms with E-state index in [0.29, 0.717) is 12.5 Å². The first kappa shape index (κ1) is 20.4. The van der Waals surface area contributed by atoms with Gasteiger partial charge in [-0.2, -0.15) is 0 Å². The van der Waals surface area contributed by atoms with Gasteiger partial charge in [0.05, 0.1) is 12.1 Å². The van der Waals surface area contributed by atoms with Gasteiger partial charge in [0.1, 0.15) is 5.69 Å². The Hall–Kier alpha value is -2.30. The summed E-state index contributed by atoms with van der Waals surface area (Å²) in [6.45, 7) is 11.7. The molecule has 152 valence electrons. The van der Waals surface area contributed by atoms with Gasteiger partial charge in [-0.25, -0.2) is 0 Å². The number of nitrogens with zero attached hydrogens (tertiary/aromatic N) is 3. The molecule has 1 saturated carbocycles. The molecule has 0 atom stereocenters. The van der Waals surface area contributed by atoms with E-state index in [-0.39, 0.29) is 11.8 Å². The summed E-state index contributed by atoms with van der Waals surface area (Å²) in [5.74, 6) is 1.85. The fourth-order valence-electron chi connectivity index (χ4n) is 3.49. The SMILES string of the molecule is CCN(CC)c1onc(-c2ccccc2)c1CN(CCC(C)C)C(=O)C1CC1. The summed E-state index contributed by atoms with van der Waals surface area (Å²) in [5.41, 5.74) is 2.90. The minimum Gasteiger partial charge on any atom is -0.341 e. The molecule has 0 aliphatic heterocycles. The van der Waals surface area contributed by atoms with Gasteiger partial charge in [0.25, 0.3) is 0 Å². The van der Waals surface area contributed by atoms with Crippen LogP contribution in [-0.4, -0.2) is 35.6 Å². The van der Waals surface area contributed by atoms with Crippen LogP contribution in [0.25, 0.3) is 11.3 Å². The van der Waals surface area contributed by atoms with E-state index in [9.17, 15) is 4.79 Å². The average Bonchev–Trinajstić information content (AvgIpc) is 3.48. The van der Waals surface area contributed by atoms with E-state index in [0.717, 1.165) is 61.6 Å². The Bertz CT molecular complexity index is 761. The molecule has 0 radical (unpaired) electrons. The molecule has 1 aliphatic rings. The number of amides is 1. The van der Waals surface area contributed by atoms with Crippen LogP contribution in [0.2, 0.25) is 0 Å². The van der Waals surface area contributed by atoms with E-state index in [4.69, 9.17) is 4.52 Å². The van der Waals surface area contributed by atoms with Crippen molar-refractivity contribution in [3.8, 4) is 11.3 Å². The summed E-state index contributed by atoms with van der Waals surface area (Å²) in [6, 6.07) is 10.1. The highest BCUT2D eigenvalue weighted by Gasteiger charge is 2.34. The molecule has 3 rings (SSSR count). The van der Waals surface area contributed by atoms with Crippen LogP contribution in [0.4, 0.5) is 5.88 Å². The number of carbonyl (C=O) groups excluding carboxylic acids is 1. The van der Waals surface area contributed by atoms with Crippen LogP contribution in [0.15, 0.2) is 34.9 Å². The van der Waals surface area contributed by atoms with Crippen LogP contribution in [0, 0.1) is 11.8 Å². The Morgan fingerprint density at radius 3 is 2.43 bits per heavy atom. The number of hydrogen-bond acceptors (Lipinski definition) is 4. The fourth-order valence-corrected chi connectivity index (χ4v) is 3.49. The first-order valence-electron chi connectivity index (χ1n) is 10.6. The van der Waals surface area contributed by atoms with Crippen molar-refractivity contribution < 1.29 is 9.32 Å². The summed E-state index contributed by atoms with van der Waals surface area (Å²) in [7, 11) is 0.